The molecule has 0 fully saturated rings. The Labute approximate surface area is 125 Å². The molecule has 0 aromatic carbocycles. The largest absolute Gasteiger partial charge is 0.354 e. The zero-order valence-corrected chi connectivity index (χ0v) is 12.2. The maximum Gasteiger partial charge on any atom is 0.241 e. The first-order chi connectivity index (χ1) is 10.3. The smallest absolute Gasteiger partial charge is 0.241 e. The van der Waals surface area contributed by atoms with E-state index in [1.165, 1.54) is 0 Å². The monoisotopic (exact) mass is 302 g/mol. The molecule has 3 heterocycles. The number of imidazole rings is 1. The normalized spacial score (nSPS) is 10.5. The van der Waals surface area contributed by atoms with E-state index in [-0.39, 0.29) is 0 Å². The van der Waals surface area contributed by atoms with Gasteiger partial charge in [0.05, 0.1) is 12.1 Å². The first-order valence-electron chi connectivity index (χ1n) is 6.44. The minimum atomic E-state index is 0.512. The van der Waals surface area contributed by atoms with E-state index in [0.29, 0.717) is 24.4 Å². The minimum absolute atomic E-state index is 0.512. The Bertz CT molecular complexity index is 679. The summed E-state index contributed by atoms with van der Waals surface area (Å²) >= 11 is 1.58. The van der Waals surface area contributed by atoms with Gasteiger partial charge in [-0.3, -0.25) is 9.55 Å². The zero-order chi connectivity index (χ0) is 14.5. The third-order valence-electron chi connectivity index (χ3n) is 2.60. The molecule has 3 rings (SSSR count). The van der Waals surface area contributed by atoms with Crippen molar-refractivity contribution in [3.8, 4) is 5.95 Å². The van der Waals surface area contributed by atoms with Gasteiger partial charge in [0.25, 0.3) is 0 Å². The van der Waals surface area contributed by atoms with Gasteiger partial charge < -0.3 is 10.6 Å². The molecule has 108 valence electrons. The summed E-state index contributed by atoms with van der Waals surface area (Å²) in [5.74, 6) is 1.56. The van der Waals surface area contributed by atoms with Crippen LogP contribution in [0.3, 0.4) is 0 Å². The molecule has 0 radical (unpaired) electrons. The number of nitrogens with zero attached hydrogens (tertiary/aromatic N) is 6. The van der Waals surface area contributed by atoms with Gasteiger partial charge in [0.1, 0.15) is 6.33 Å². The molecule has 8 nitrogen and oxygen atoms in total. The van der Waals surface area contributed by atoms with Crippen LogP contribution in [-0.2, 0) is 6.54 Å². The highest BCUT2D eigenvalue weighted by molar-refractivity contribution is 7.09. The minimum Gasteiger partial charge on any atom is -0.354 e. The maximum atomic E-state index is 4.39. The fourth-order valence-corrected chi connectivity index (χ4v) is 2.20. The second kappa shape index (κ2) is 6.27. The molecule has 0 bridgehead atoms. The number of nitrogens with one attached hydrogen (secondary N) is 2. The highest BCUT2D eigenvalue weighted by Gasteiger charge is 2.07. The van der Waals surface area contributed by atoms with Crippen molar-refractivity contribution in [1.29, 1.82) is 0 Å². The Morgan fingerprint density at radius 3 is 2.67 bits per heavy atom. The lowest BCUT2D eigenvalue weighted by Crippen LogP contribution is -2.11. The third-order valence-corrected chi connectivity index (χ3v) is 3.38. The molecule has 21 heavy (non-hydrogen) atoms. The van der Waals surface area contributed by atoms with Gasteiger partial charge >= 0.3 is 0 Å². The number of rotatable bonds is 6. The molecule has 0 amide bonds. The Kier molecular flexibility index (Phi) is 4.01. The van der Waals surface area contributed by atoms with Gasteiger partial charge in [-0.15, -0.1) is 11.3 Å². The van der Waals surface area contributed by atoms with Crippen LogP contribution in [-0.4, -0.2) is 36.0 Å². The topological polar surface area (TPSA) is 93.4 Å². The summed E-state index contributed by atoms with van der Waals surface area (Å²) in [6.07, 6.45) is 6.94. The molecule has 3 aromatic heterocycles. The highest BCUT2D eigenvalue weighted by atomic mass is 32.1. The van der Waals surface area contributed by atoms with E-state index in [4.69, 9.17) is 0 Å². The molecule has 0 unspecified atom stereocenters. The summed E-state index contributed by atoms with van der Waals surface area (Å²) in [6, 6.07) is 0. The van der Waals surface area contributed by atoms with E-state index in [9.17, 15) is 0 Å². The van der Waals surface area contributed by atoms with Crippen molar-refractivity contribution in [3.63, 3.8) is 0 Å². The van der Waals surface area contributed by atoms with Crippen LogP contribution >= 0.6 is 11.3 Å². The summed E-state index contributed by atoms with van der Waals surface area (Å²) in [4.78, 5) is 22.2. The fraction of sp³-hybridized carbons (Fsp3) is 0.250. The predicted octanol–water partition coefficient (Wildman–Crippen LogP) is 1.56. The van der Waals surface area contributed by atoms with Crippen LogP contribution in [0.15, 0.2) is 30.4 Å². The molecular weight excluding hydrogens is 288 g/mol. The van der Waals surface area contributed by atoms with E-state index in [2.05, 4.69) is 35.6 Å². The third kappa shape index (κ3) is 3.31. The van der Waals surface area contributed by atoms with Gasteiger partial charge in [-0.25, -0.2) is 4.98 Å². The van der Waals surface area contributed by atoms with Gasteiger partial charge in [-0.2, -0.15) is 15.0 Å². The molecule has 2 N–H and O–H groups in total. The summed E-state index contributed by atoms with van der Waals surface area (Å²) in [7, 11) is 0. The van der Waals surface area contributed by atoms with Crippen molar-refractivity contribution in [3.05, 3.63) is 35.3 Å². The van der Waals surface area contributed by atoms with Crippen LogP contribution in [0, 0.1) is 0 Å². The van der Waals surface area contributed by atoms with Gasteiger partial charge in [-0.1, -0.05) is 0 Å². The first kappa shape index (κ1) is 13.4. The van der Waals surface area contributed by atoms with Crippen LogP contribution < -0.4 is 10.6 Å². The van der Waals surface area contributed by atoms with Crippen molar-refractivity contribution in [1.82, 2.24) is 29.5 Å². The molecule has 0 aliphatic heterocycles. The van der Waals surface area contributed by atoms with Crippen LogP contribution in [0.5, 0.6) is 0 Å². The fourth-order valence-electron chi connectivity index (χ4n) is 1.67. The van der Waals surface area contributed by atoms with E-state index < -0.39 is 0 Å². The van der Waals surface area contributed by atoms with Crippen molar-refractivity contribution < 1.29 is 0 Å². The van der Waals surface area contributed by atoms with Crippen LogP contribution in [0.2, 0.25) is 0 Å². The number of hydrogen-bond acceptors (Lipinski definition) is 8. The van der Waals surface area contributed by atoms with Gasteiger partial charge in [0.15, 0.2) is 0 Å². The lowest BCUT2D eigenvalue weighted by Gasteiger charge is -2.08. The SMILES string of the molecule is CCNc1nc(NCc2cncs2)nc(-n2ccnc2)n1. The quantitative estimate of drug-likeness (QED) is 0.713. The average Bonchev–Trinajstić information content (AvgIpc) is 3.19. The Morgan fingerprint density at radius 2 is 2.00 bits per heavy atom. The Morgan fingerprint density at radius 1 is 1.14 bits per heavy atom. The second-order valence-electron chi connectivity index (χ2n) is 4.10. The van der Waals surface area contributed by atoms with Gasteiger partial charge in [0, 0.05) is 30.0 Å². The molecule has 3 aromatic rings. The van der Waals surface area contributed by atoms with E-state index >= 15 is 0 Å². The average molecular weight is 302 g/mol. The molecular formula is C12H14N8S. The lowest BCUT2D eigenvalue weighted by molar-refractivity contribution is 0.887. The molecule has 0 aliphatic rings. The predicted molar refractivity (Wildman–Crippen MR) is 80.6 cm³/mol. The number of aromatic nitrogens is 6. The molecule has 0 saturated carbocycles. The second-order valence-corrected chi connectivity index (χ2v) is 5.08. The van der Waals surface area contributed by atoms with Crippen molar-refractivity contribution in [2.24, 2.45) is 0 Å². The number of hydrogen-bond donors (Lipinski definition) is 2. The van der Waals surface area contributed by atoms with Crippen LogP contribution in [0.1, 0.15) is 11.8 Å². The van der Waals surface area contributed by atoms with Crippen molar-refractivity contribution in [2.45, 2.75) is 13.5 Å². The molecule has 9 heteroatoms. The summed E-state index contributed by atoms with van der Waals surface area (Å²) in [6.45, 7) is 3.36. The Hall–Kier alpha value is -2.55. The van der Waals surface area contributed by atoms with E-state index in [0.717, 1.165) is 11.4 Å². The van der Waals surface area contributed by atoms with Crippen molar-refractivity contribution in [2.75, 3.05) is 17.2 Å². The highest BCUT2D eigenvalue weighted by Crippen LogP contribution is 2.12. The standard InChI is InChI=1S/C12H14N8S/c1-2-15-10-17-11(16-6-9-5-14-8-21-9)19-12(18-10)20-4-3-13-7-20/h3-5,7-8H,2,6H2,1H3,(H2,15,16,17,18,19). The molecule has 0 aliphatic carbocycles. The molecule has 0 saturated heterocycles. The summed E-state index contributed by atoms with van der Waals surface area (Å²) in [5.41, 5.74) is 1.80. The first-order valence-corrected chi connectivity index (χ1v) is 7.32. The molecule has 0 spiro atoms. The summed E-state index contributed by atoms with van der Waals surface area (Å²) in [5, 5.41) is 6.28. The maximum absolute atomic E-state index is 4.39. The Balaban J connectivity index is 1.84. The number of anilines is 2. The van der Waals surface area contributed by atoms with Gasteiger partial charge in [0.2, 0.25) is 17.8 Å². The summed E-state index contributed by atoms with van der Waals surface area (Å²) < 4.78 is 1.74. The van der Waals surface area contributed by atoms with E-state index in [1.54, 1.807) is 40.1 Å². The van der Waals surface area contributed by atoms with E-state index in [1.807, 2.05) is 13.1 Å². The lowest BCUT2D eigenvalue weighted by atomic mass is 10.5. The van der Waals surface area contributed by atoms with Crippen LogP contribution in [0.4, 0.5) is 11.9 Å². The number of thiazole rings is 1. The van der Waals surface area contributed by atoms with Crippen LogP contribution in [0.25, 0.3) is 5.95 Å². The van der Waals surface area contributed by atoms with Gasteiger partial charge in [-0.05, 0) is 6.92 Å². The zero-order valence-electron chi connectivity index (χ0n) is 11.4. The van der Waals surface area contributed by atoms with Crippen molar-refractivity contribution >= 4 is 23.2 Å². The molecule has 0 atom stereocenters.